The van der Waals surface area contributed by atoms with Crippen LogP contribution in [0.5, 0.6) is 5.75 Å². The van der Waals surface area contributed by atoms with Gasteiger partial charge in [0, 0.05) is 77.5 Å². The summed E-state index contributed by atoms with van der Waals surface area (Å²) in [5.74, 6) is -1.88. The molecule has 4 aromatic rings. The lowest BCUT2D eigenvalue weighted by Gasteiger charge is -2.46. The van der Waals surface area contributed by atoms with Crippen molar-refractivity contribution in [2.24, 2.45) is 5.41 Å². The minimum atomic E-state index is -2.67. The van der Waals surface area contributed by atoms with Crippen LogP contribution in [0, 0.1) is 17.0 Å². The van der Waals surface area contributed by atoms with Gasteiger partial charge in [0.05, 0.1) is 32.8 Å². The van der Waals surface area contributed by atoms with E-state index in [9.17, 15) is 28.0 Å². The van der Waals surface area contributed by atoms with Gasteiger partial charge in [-0.05, 0) is 111 Å². The van der Waals surface area contributed by atoms with Crippen LogP contribution in [0.1, 0.15) is 120 Å². The number of ether oxygens (including phenoxy) is 1. The van der Waals surface area contributed by atoms with Gasteiger partial charge in [-0.1, -0.05) is 18.2 Å². The van der Waals surface area contributed by atoms with E-state index in [1.165, 1.54) is 21.9 Å². The minimum Gasteiger partial charge on any atom is -0.496 e. The fourth-order valence-electron chi connectivity index (χ4n) is 11.9. The fraction of sp³-hybridized carbons (Fsp3) is 0.500. The van der Waals surface area contributed by atoms with E-state index >= 15 is 8.78 Å². The lowest BCUT2D eigenvalue weighted by molar-refractivity contribution is -0.137. The normalized spacial score (nSPS) is 24.0. The summed E-state index contributed by atoms with van der Waals surface area (Å²) in [6, 6.07) is 10.3. The summed E-state index contributed by atoms with van der Waals surface area (Å²) in [4.78, 5) is 62.0. The molecular formula is C48H52F4N6O5. The number of nitrogens with one attached hydrogen (secondary N) is 2. The maximum atomic E-state index is 16.4. The van der Waals surface area contributed by atoms with Gasteiger partial charge in [0.2, 0.25) is 17.7 Å². The Kier molecular flexibility index (Phi) is 10.6. The van der Waals surface area contributed by atoms with Crippen LogP contribution in [0.3, 0.4) is 0 Å². The third kappa shape index (κ3) is 7.28. The van der Waals surface area contributed by atoms with E-state index in [1.807, 2.05) is 42.2 Å². The maximum absolute atomic E-state index is 16.4. The molecule has 1 spiro atoms. The van der Waals surface area contributed by atoms with Crippen molar-refractivity contribution in [2.75, 3.05) is 33.3 Å². The van der Waals surface area contributed by atoms with E-state index in [0.29, 0.717) is 55.2 Å². The highest BCUT2D eigenvalue weighted by Crippen LogP contribution is 2.50. The number of alkyl halides is 2. The third-order valence-corrected chi connectivity index (χ3v) is 15.3. The Morgan fingerprint density at radius 2 is 1.65 bits per heavy atom. The average molecular weight is 869 g/mol. The average Bonchev–Trinajstić information content (AvgIpc) is 3.93. The number of carbonyl (C=O) groups excluding carboxylic acids is 4. The molecule has 5 aliphatic heterocycles. The molecule has 15 heteroatoms. The number of likely N-dealkylation sites (tertiary alicyclic amines) is 1. The molecule has 1 unspecified atom stereocenters. The number of fused-ring (bicyclic) bond motifs is 5. The molecule has 1 aliphatic carbocycles. The molecule has 2 saturated heterocycles. The van der Waals surface area contributed by atoms with Crippen molar-refractivity contribution < 1.29 is 41.5 Å². The van der Waals surface area contributed by atoms with E-state index in [2.05, 4.69) is 15.2 Å². The third-order valence-electron chi connectivity index (χ3n) is 15.3. The Hall–Kier alpha value is -5.28. The van der Waals surface area contributed by atoms with E-state index in [-0.39, 0.29) is 66.6 Å². The van der Waals surface area contributed by atoms with Crippen molar-refractivity contribution in [2.45, 2.75) is 115 Å². The largest absolute Gasteiger partial charge is 0.496 e. The lowest BCUT2D eigenvalue weighted by Crippen LogP contribution is -2.52. The second-order valence-corrected chi connectivity index (χ2v) is 18.8. The number of halogens is 4. The van der Waals surface area contributed by atoms with Crippen molar-refractivity contribution in [1.29, 1.82) is 0 Å². The number of para-hydroxylation sites is 1. The van der Waals surface area contributed by atoms with E-state index in [0.717, 1.165) is 71.7 Å². The number of piperidine rings is 2. The number of rotatable bonds is 8. The molecule has 3 atom stereocenters. The quantitative estimate of drug-likeness (QED) is 0.143. The molecule has 0 radical (unpaired) electrons. The SMILES string of the molecule is COc1c2c(cc3c1CN(C1CCC(=O)NC1=O)C3=O)CN(CC(=O)N1CCC3(CCC(c4cc(F)c([C@@H]5c6[nH]c7ccccc7c6C[C@@H](C)N5CC(F)F)c(F)c4)CC3)CC1)C2. The Morgan fingerprint density at radius 3 is 2.35 bits per heavy atom. The second-order valence-electron chi connectivity index (χ2n) is 18.8. The zero-order chi connectivity index (χ0) is 43.9. The van der Waals surface area contributed by atoms with Crippen LogP contribution in [-0.4, -0.2) is 100 Å². The van der Waals surface area contributed by atoms with Crippen molar-refractivity contribution in [3.05, 3.63) is 98.7 Å². The predicted octanol–water partition coefficient (Wildman–Crippen LogP) is 7.10. The molecular weight excluding hydrogens is 817 g/mol. The fourth-order valence-corrected chi connectivity index (χ4v) is 11.9. The number of aromatic nitrogens is 1. The number of H-pyrrole nitrogens is 1. The summed E-state index contributed by atoms with van der Waals surface area (Å²) >= 11 is 0. The number of nitrogens with zero attached hydrogens (tertiary/aromatic N) is 4. The molecule has 0 bridgehead atoms. The summed E-state index contributed by atoms with van der Waals surface area (Å²) in [6.45, 7) is 3.91. The predicted molar refractivity (Wildman–Crippen MR) is 225 cm³/mol. The van der Waals surface area contributed by atoms with Crippen LogP contribution < -0.4 is 10.1 Å². The maximum Gasteiger partial charge on any atom is 0.255 e. The molecule has 2 N–H and O–H groups in total. The number of hydrogen-bond donors (Lipinski definition) is 2. The van der Waals surface area contributed by atoms with E-state index in [1.54, 1.807) is 7.11 Å². The lowest BCUT2D eigenvalue weighted by atomic mass is 9.64. The van der Waals surface area contributed by atoms with Crippen LogP contribution in [0.4, 0.5) is 17.6 Å². The number of hydrogen-bond acceptors (Lipinski definition) is 7. The zero-order valence-corrected chi connectivity index (χ0v) is 35.6. The summed E-state index contributed by atoms with van der Waals surface area (Å²) < 4.78 is 66.5. The van der Waals surface area contributed by atoms with Crippen LogP contribution in [0.15, 0.2) is 42.5 Å². The highest BCUT2D eigenvalue weighted by atomic mass is 19.3. The summed E-state index contributed by atoms with van der Waals surface area (Å²) in [5, 5.41) is 3.28. The van der Waals surface area contributed by atoms with Crippen LogP contribution >= 0.6 is 0 Å². The van der Waals surface area contributed by atoms with Gasteiger partial charge in [-0.3, -0.25) is 34.3 Å². The number of aromatic amines is 1. The highest BCUT2D eigenvalue weighted by molar-refractivity contribution is 6.06. The zero-order valence-electron chi connectivity index (χ0n) is 35.6. The number of carbonyl (C=O) groups is 4. The van der Waals surface area contributed by atoms with Crippen molar-refractivity contribution in [3.63, 3.8) is 0 Å². The molecule has 63 heavy (non-hydrogen) atoms. The Labute approximate surface area is 363 Å². The van der Waals surface area contributed by atoms with Crippen LogP contribution in [-0.2, 0) is 40.4 Å². The number of benzene rings is 3. The van der Waals surface area contributed by atoms with Crippen LogP contribution in [0.2, 0.25) is 0 Å². The van der Waals surface area contributed by atoms with Gasteiger partial charge in [0.1, 0.15) is 23.4 Å². The molecule has 6 heterocycles. The van der Waals surface area contributed by atoms with Gasteiger partial charge in [-0.15, -0.1) is 0 Å². The first-order valence-electron chi connectivity index (χ1n) is 22.3. The van der Waals surface area contributed by atoms with E-state index in [4.69, 9.17) is 4.74 Å². The number of methoxy groups -OCH3 is 1. The standard InChI is InChI=1S/C48H52F4N6O5/c1-26-17-31-30-5-3-4-6-37(30)53-43(31)44(57(26)24-39(51)52)42-35(49)19-28(20-36(42)50)27-9-11-48(12-10-27)13-15-56(16-14-48)41(60)25-55-21-29-18-32-34(45(63-2)33(29)22-55)23-58(47(32)62)38-7-8-40(59)54-46(38)61/h3-6,18-20,26-27,38-39,44,53H,7-17,21-25H2,1-2H3,(H,54,59,61)/t26-,38?,44-/m1/s1. The molecule has 1 saturated carbocycles. The van der Waals surface area contributed by atoms with E-state index < -0.39 is 42.6 Å². The molecule has 332 valence electrons. The van der Waals surface area contributed by atoms with Gasteiger partial charge in [-0.2, -0.15) is 0 Å². The first-order valence-corrected chi connectivity index (χ1v) is 22.3. The Morgan fingerprint density at radius 1 is 0.921 bits per heavy atom. The summed E-state index contributed by atoms with van der Waals surface area (Å²) in [6.07, 6.45) is 3.29. The second kappa shape index (κ2) is 16.1. The van der Waals surface area contributed by atoms with Gasteiger partial charge in [-0.25, -0.2) is 17.6 Å². The van der Waals surface area contributed by atoms with Gasteiger partial charge < -0.3 is 19.5 Å². The molecule has 1 aromatic heterocycles. The first-order chi connectivity index (χ1) is 30.3. The monoisotopic (exact) mass is 868 g/mol. The molecule has 3 fully saturated rings. The van der Waals surface area contributed by atoms with Gasteiger partial charge in [0.25, 0.3) is 12.3 Å². The number of amides is 4. The van der Waals surface area contributed by atoms with Crippen molar-refractivity contribution >= 4 is 34.5 Å². The minimum absolute atomic E-state index is 0.0367. The first kappa shape index (κ1) is 41.7. The molecule has 6 aliphatic rings. The molecule has 11 nitrogen and oxygen atoms in total. The van der Waals surface area contributed by atoms with Crippen molar-refractivity contribution in [1.82, 2.24) is 29.9 Å². The Balaban J connectivity index is 0.765. The van der Waals surface area contributed by atoms with Gasteiger partial charge >= 0.3 is 0 Å². The molecule has 4 amide bonds. The molecule has 10 rings (SSSR count). The topological polar surface area (TPSA) is 118 Å². The number of imide groups is 1. The highest BCUT2D eigenvalue weighted by Gasteiger charge is 2.45. The molecule has 3 aromatic carbocycles. The van der Waals surface area contributed by atoms with Crippen LogP contribution in [0.25, 0.3) is 10.9 Å². The Bertz CT molecular complexity index is 2500. The summed E-state index contributed by atoms with van der Waals surface area (Å²) in [7, 11) is 1.57. The van der Waals surface area contributed by atoms with Gasteiger partial charge in [0.15, 0.2) is 0 Å². The summed E-state index contributed by atoms with van der Waals surface area (Å²) in [5.41, 5.74) is 5.81. The smallest absolute Gasteiger partial charge is 0.255 e. The van der Waals surface area contributed by atoms with Crippen molar-refractivity contribution in [3.8, 4) is 5.75 Å².